The molecule has 0 aromatic heterocycles. The van der Waals surface area contributed by atoms with Crippen LogP contribution in [-0.2, 0) is 9.53 Å². The van der Waals surface area contributed by atoms with Crippen molar-refractivity contribution in [1.82, 2.24) is 0 Å². The third kappa shape index (κ3) is 5.07. The molecule has 1 saturated carbocycles. The first-order valence-electron chi connectivity index (χ1n) is 7.52. The van der Waals surface area contributed by atoms with E-state index in [9.17, 15) is 4.79 Å². The summed E-state index contributed by atoms with van der Waals surface area (Å²) < 4.78 is 5.43. The van der Waals surface area contributed by atoms with Crippen molar-refractivity contribution >= 4 is 21.8 Å². The van der Waals surface area contributed by atoms with E-state index in [0.29, 0.717) is 17.9 Å². The first-order chi connectivity index (χ1) is 9.13. The number of alkyl halides is 1. The molecule has 1 amide bonds. The largest absolute Gasteiger partial charge is 0.381 e. The van der Waals surface area contributed by atoms with Gasteiger partial charge in [-0.25, -0.2) is 0 Å². The monoisotopic (exact) mass is 333 g/mol. The van der Waals surface area contributed by atoms with Crippen LogP contribution in [0.25, 0.3) is 0 Å². The lowest BCUT2D eigenvalue weighted by Gasteiger charge is -2.36. The van der Waals surface area contributed by atoms with Crippen LogP contribution in [0.15, 0.2) is 0 Å². The van der Waals surface area contributed by atoms with E-state index < -0.39 is 0 Å². The first kappa shape index (κ1) is 17.0. The Morgan fingerprint density at radius 1 is 1.32 bits per heavy atom. The number of carbonyl (C=O) groups is 1. The van der Waals surface area contributed by atoms with Gasteiger partial charge in [0.25, 0.3) is 0 Å². The Balaban J connectivity index is 2.67. The van der Waals surface area contributed by atoms with Gasteiger partial charge in [-0.15, -0.1) is 0 Å². The second-order valence-electron chi connectivity index (χ2n) is 5.71. The molecule has 0 bridgehead atoms. The van der Waals surface area contributed by atoms with Crippen molar-refractivity contribution in [3.05, 3.63) is 0 Å². The standard InChI is InChI=1S/C15H28BrNO2/c1-3-4-14(15(17)18)13(9-10-16)11-5-7-12(19-2)8-6-11/h11-14H,3-10H2,1-2H3,(H2,17,18). The van der Waals surface area contributed by atoms with E-state index in [2.05, 4.69) is 22.9 Å². The number of primary amides is 1. The zero-order valence-corrected chi connectivity index (χ0v) is 13.8. The minimum Gasteiger partial charge on any atom is -0.381 e. The van der Waals surface area contributed by atoms with E-state index in [-0.39, 0.29) is 11.8 Å². The van der Waals surface area contributed by atoms with Crippen molar-refractivity contribution in [2.45, 2.75) is 58.0 Å². The fourth-order valence-corrected chi connectivity index (χ4v) is 4.05. The molecule has 2 unspecified atom stereocenters. The van der Waals surface area contributed by atoms with E-state index in [1.807, 2.05) is 0 Å². The predicted molar refractivity (Wildman–Crippen MR) is 82.2 cm³/mol. The summed E-state index contributed by atoms with van der Waals surface area (Å²) in [6, 6.07) is 0. The van der Waals surface area contributed by atoms with Crippen LogP contribution >= 0.6 is 15.9 Å². The Morgan fingerprint density at radius 2 is 1.95 bits per heavy atom. The number of rotatable bonds is 8. The van der Waals surface area contributed by atoms with Gasteiger partial charge in [0.15, 0.2) is 0 Å². The summed E-state index contributed by atoms with van der Waals surface area (Å²) in [5.74, 6) is 1.01. The molecule has 0 saturated heterocycles. The topological polar surface area (TPSA) is 52.3 Å². The Hall–Kier alpha value is -0.0900. The molecule has 0 aliphatic heterocycles. The minimum atomic E-state index is -0.110. The maximum absolute atomic E-state index is 11.8. The Kier molecular flexibility index (Phi) is 8.00. The quantitative estimate of drug-likeness (QED) is 0.691. The van der Waals surface area contributed by atoms with E-state index in [4.69, 9.17) is 10.5 Å². The molecule has 0 spiro atoms. The fraction of sp³-hybridized carbons (Fsp3) is 0.933. The highest BCUT2D eigenvalue weighted by Gasteiger charge is 2.34. The molecular weight excluding hydrogens is 306 g/mol. The average molecular weight is 334 g/mol. The van der Waals surface area contributed by atoms with Gasteiger partial charge in [-0.3, -0.25) is 4.79 Å². The maximum atomic E-state index is 11.8. The second-order valence-corrected chi connectivity index (χ2v) is 6.50. The van der Waals surface area contributed by atoms with E-state index >= 15 is 0 Å². The van der Waals surface area contributed by atoms with E-state index in [1.165, 1.54) is 12.8 Å². The third-order valence-corrected chi connectivity index (χ3v) is 5.04. The summed E-state index contributed by atoms with van der Waals surface area (Å²) in [6.07, 6.45) is 8.01. The summed E-state index contributed by atoms with van der Waals surface area (Å²) >= 11 is 3.53. The predicted octanol–water partition coefficient (Wildman–Crippen LogP) is 3.49. The highest BCUT2D eigenvalue weighted by Crippen LogP contribution is 2.38. The van der Waals surface area contributed by atoms with Gasteiger partial charge in [0.05, 0.1) is 6.10 Å². The van der Waals surface area contributed by atoms with Crippen molar-refractivity contribution in [3.63, 3.8) is 0 Å². The van der Waals surface area contributed by atoms with Gasteiger partial charge < -0.3 is 10.5 Å². The molecule has 1 fully saturated rings. The molecule has 3 nitrogen and oxygen atoms in total. The summed E-state index contributed by atoms with van der Waals surface area (Å²) in [5, 5.41) is 0.954. The van der Waals surface area contributed by atoms with Crippen molar-refractivity contribution < 1.29 is 9.53 Å². The third-order valence-electron chi connectivity index (χ3n) is 4.58. The van der Waals surface area contributed by atoms with Crippen molar-refractivity contribution in [2.75, 3.05) is 12.4 Å². The maximum Gasteiger partial charge on any atom is 0.220 e. The number of halogens is 1. The molecule has 2 N–H and O–H groups in total. The molecular formula is C15H28BrNO2. The number of methoxy groups -OCH3 is 1. The van der Waals surface area contributed by atoms with Crippen molar-refractivity contribution in [1.29, 1.82) is 0 Å². The van der Waals surface area contributed by atoms with Gasteiger partial charge >= 0.3 is 0 Å². The summed E-state index contributed by atoms with van der Waals surface area (Å²) in [5.41, 5.74) is 5.64. The molecule has 112 valence electrons. The fourth-order valence-electron chi connectivity index (χ4n) is 3.52. The first-order valence-corrected chi connectivity index (χ1v) is 8.64. The van der Waals surface area contributed by atoms with Crippen LogP contribution < -0.4 is 5.73 Å². The smallest absolute Gasteiger partial charge is 0.220 e. The van der Waals surface area contributed by atoms with Crippen LogP contribution in [0.3, 0.4) is 0 Å². The molecule has 1 rings (SSSR count). The van der Waals surface area contributed by atoms with Crippen LogP contribution in [0.1, 0.15) is 51.9 Å². The van der Waals surface area contributed by atoms with E-state index in [1.54, 1.807) is 7.11 Å². The summed E-state index contributed by atoms with van der Waals surface area (Å²) in [6.45, 7) is 2.13. The van der Waals surface area contributed by atoms with Gasteiger partial charge in [0.2, 0.25) is 5.91 Å². The minimum absolute atomic E-state index is 0.0478. The van der Waals surface area contributed by atoms with Crippen LogP contribution in [0.2, 0.25) is 0 Å². The Bertz CT molecular complexity index is 265. The SMILES string of the molecule is CCCC(C(N)=O)C(CCBr)C1CCC(OC)CC1. The molecule has 0 radical (unpaired) electrons. The highest BCUT2D eigenvalue weighted by molar-refractivity contribution is 9.09. The molecule has 1 aliphatic rings. The van der Waals surface area contributed by atoms with Gasteiger partial charge in [0.1, 0.15) is 0 Å². The Morgan fingerprint density at radius 3 is 2.37 bits per heavy atom. The number of hydrogen-bond donors (Lipinski definition) is 1. The van der Waals surface area contributed by atoms with Crippen LogP contribution in [0, 0.1) is 17.8 Å². The van der Waals surface area contributed by atoms with Crippen LogP contribution in [0.4, 0.5) is 0 Å². The van der Waals surface area contributed by atoms with Crippen LogP contribution in [0.5, 0.6) is 0 Å². The zero-order valence-electron chi connectivity index (χ0n) is 12.2. The van der Waals surface area contributed by atoms with Gasteiger partial charge in [-0.2, -0.15) is 0 Å². The molecule has 1 aliphatic carbocycles. The normalized spacial score (nSPS) is 26.9. The molecule has 0 aromatic carbocycles. The second kappa shape index (κ2) is 8.96. The summed E-state index contributed by atoms with van der Waals surface area (Å²) in [7, 11) is 1.80. The zero-order chi connectivity index (χ0) is 14.3. The van der Waals surface area contributed by atoms with E-state index in [0.717, 1.165) is 37.4 Å². The lowest BCUT2D eigenvalue weighted by molar-refractivity contribution is -0.125. The number of amides is 1. The van der Waals surface area contributed by atoms with Gasteiger partial charge in [-0.05, 0) is 50.4 Å². The number of nitrogens with two attached hydrogens (primary N) is 1. The van der Waals surface area contributed by atoms with Crippen molar-refractivity contribution in [2.24, 2.45) is 23.5 Å². The highest BCUT2D eigenvalue weighted by atomic mass is 79.9. The summed E-state index contributed by atoms with van der Waals surface area (Å²) in [4.78, 5) is 11.8. The molecule has 4 heteroatoms. The molecule has 2 atom stereocenters. The lowest BCUT2D eigenvalue weighted by Crippen LogP contribution is -2.36. The molecule has 0 heterocycles. The molecule has 19 heavy (non-hydrogen) atoms. The molecule has 0 aromatic rings. The lowest BCUT2D eigenvalue weighted by atomic mass is 9.71. The average Bonchev–Trinajstić information content (AvgIpc) is 2.42. The van der Waals surface area contributed by atoms with Gasteiger partial charge in [0, 0.05) is 18.4 Å². The Labute approximate surface area is 125 Å². The number of carbonyl (C=O) groups excluding carboxylic acids is 1. The van der Waals surface area contributed by atoms with Gasteiger partial charge in [-0.1, -0.05) is 29.3 Å². The van der Waals surface area contributed by atoms with Crippen LogP contribution in [-0.4, -0.2) is 24.5 Å². The number of ether oxygens (including phenoxy) is 1. The number of hydrogen-bond acceptors (Lipinski definition) is 2. The van der Waals surface area contributed by atoms with Crippen molar-refractivity contribution in [3.8, 4) is 0 Å².